The van der Waals surface area contributed by atoms with Gasteiger partial charge in [-0.05, 0) is 43.4 Å². The van der Waals surface area contributed by atoms with Gasteiger partial charge in [0.1, 0.15) is 0 Å². The lowest BCUT2D eigenvalue weighted by Crippen LogP contribution is -2.48. The van der Waals surface area contributed by atoms with Crippen molar-refractivity contribution < 1.29 is 0 Å². The van der Waals surface area contributed by atoms with Crippen LogP contribution in [-0.2, 0) is 0 Å². The zero-order valence-corrected chi connectivity index (χ0v) is 13.7. The molecule has 2 aliphatic heterocycles. The predicted molar refractivity (Wildman–Crippen MR) is 86.9 cm³/mol. The summed E-state index contributed by atoms with van der Waals surface area (Å²) in [5.74, 6) is 1.87. The highest BCUT2D eigenvalue weighted by atomic mass is 79.9. The fourth-order valence-electron chi connectivity index (χ4n) is 3.10. The van der Waals surface area contributed by atoms with Crippen molar-refractivity contribution in [2.24, 2.45) is 10.9 Å². The molecule has 0 spiro atoms. The van der Waals surface area contributed by atoms with E-state index >= 15 is 0 Å². The van der Waals surface area contributed by atoms with E-state index in [0.29, 0.717) is 6.04 Å². The van der Waals surface area contributed by atoms with Crippen LogP contribution in [0.3, 0.4) is 0 Å². The van der Waals surface area contributed by atoms with Gasteiger partial charge in [0.15, 0.2) is 5.96 Å². The van der Waals surface area contributed by atoms with Gasteiger partial charge < -0.3 is 10.2 Å². The summed E-state index contributed by atoms with van der Waals surface area (Å²) >= 11 is 3.48. The number of fused-ring (bicyclic) bond motifs is 1. The zero-order valence-electron chi connectivity index (χ0n) is 12.1. The summed E-state index contributed by atoms with van der Waals surface area (Å²) in [6.45, 7) is 6.64. The van der Waals surface area contributed by atoms with E-state index < -0.39 is 0 Å². The first-order valence-electron chi connectivity index (χ1n) is 7.46. The topological polar surface area (TPSA) is 27.6 Å². The van der Waals surface area contributed by atoms with Crippen LogP contribution in [0.4, 0.5) is 0 Å². The van der Waals surface area contributed by atoms with Crippen molar-refractivity contribution in [1.82, 2.24) is 10.2 Å². The van der Waals surface area contributed by atoms with Crippen molar-refractivity contribution >= 4 is 21.9 Å². The number of guanidine groups is 1. The van der Waals surface area contributed by atoms with Crippen molar-refractivity contribution in [2.45, 2.75) is 38.8 Å². The second-order valence-corrected chi connectivity index (χ2v) is 6.99. The van der Waals surface area contributed by atoms with E-state index in [1.807, 2.05) is 0 Å². The van der Waals surface area contributed by atoms with Gasteiger partial charge in [0.05, 0.1) is 18.6 Å². The number of rotatable bonds is 2. The first-order valence-corrected chi connectivity index (χ1v) is 8.26. The molecule has 0 aromatic heterocycles. The molecular formula is C16H22BrN3. The lowest BCUT2D eigenvalue weighted by atomic mass is 9.95. The van der Waals surface area contributed by atoms with Gasteiger partial charge in [-0.15, -0.1) is 0 Å². The van der Waals surface area contributed by atoms with E-state index in [9.17, 15) is 0 Å². The number of hydrogen-bond donors (Lipinski definition) is 1. The summed E-state index contributed by atoms with van der Waals surface area (Å²) in [7, 11) is 0. The van der Waals surface area contributed by atoms with Gasteiger partial charge in [0, 0.05) is 11.0 Å². The molecule has 0 saturated carbocycles. The number of nitrogens with one attached hydrogen (secondary N) is 1. The van der Waals surface area contributed by atoms with Crippen molar-refractivity contribution in [3.05, 3.63) is 34.3 Å². The fourth-order valence-corrected chi connectivity index (χ4v) is 3.36. The Morgan fingerprint density at radius 1 is 1.30 bits per heavy atom. The summed E-state index contributed by atoms with van der Waals surface area (Å²) in [5, 5.41) is 3.59. The predicted octanol–water partition coefficient (Wildman–Crippen LogP) is 3.57. The molecule has 1 N–H and O–H groups in total. The molecule has 4 heteroatoms. The maximum Gasteiger partial charge on any atom is 0.194 e. The molecule has 3 nitrogen and oxygen atoms in total. The lowest BCUT2D eigenvalue weighted by molar-refractivity contribution is 0.210. The van der Waals surface area contributed by atoms with Crippen molar-refractivity contribution in [3.63, 3.8) is 0 Å². The van der Waals surface area contributed by atoms with Crippen LogP contribution in [0.2, 0.25) is 0 Å². The number of halogens is 1. The normalized spacial score (nSPS) is 26.9. The average Bonchev–Trinajstić information content (AvgIpc) is 2.82. The van der Waals surface area contributed by atoms with E-state index in [1.165, 1.54) is 18.4 Å². The van der Waals surface area contributed by atoms with E-state index in [0.717, 1.165) is 29.4 Å². The van der Waals surface area contributed by atoms with Crippen LogP contribution in [-0.4, -0.2) is 30.0 Å². The highest BCUT2D eigenvalue weighted by molar-refractivity contribution is 9.10. The zero-order chi connectivity index (χ0) is 14.1. The van der Waals surface area contributed by atoms with Gasteiger partial charge in [-0.1, -0.05) is 35.0 Å². The third kappa shape index (κ3) is 2.85. The van der Waals surface area contributed by atoms with Crippen LogP contribution < -0.4 is 5.32 Å². The molecular weight excluding hydrogens is 314 g/mol. The molecule has 0 radical (unpaired) electrons. The number of aliphatic imine (C=N–C) groups is 1. The van der Waals surface area contributed by atoms with E-state index in [-0.39, 0.29) is 6.04 Å². The molecule has 1 fully saturated rings. The molecule has 2 heterocycles. The Kier molecular flexibility index (Phi) is 4.01. The number of benzene rings is 1. The quantitative estimate of drug-likeness (QED) is 0.894. The summed E-state index contributed by atoms with van der Waals surface area (Å²) in [5.41, 5.74) is 1.30. The van der Waals surface area contributed by atoms with Crippen molar-refractivity contribution in [2.75, 3.05) is 13.1 Å². The first-order chi connectivity index (χ1) is 9.63. The Morgan fingerprint density at radius 2 is 2.05 bits per heavy atom. The minimum absolute atomic E-state index is 0.290. The molecule has 3 atom stereocenters. The van der Waals surface area contributed by atoms with Crippen molar-refractivity contribution in [3.8, 4) is 0 Å². The maximum atomic E-state index is 4.72. The molecule has 0 amide bonds. The van der Waals surface area contributed by atoms with Gasteiger partial charge in [-0.2, -0.15) is 0 Å². The molecule has 1 saturated heterocycles. The summed E-state index contributed by atoms with van der Waals surface area (Å²) in [6.07, 6.45) is 2.62. The van der Waals surface area contributed by atoms with Gasteiger partial charge in [-0.3, -0.25) is 4.99 Å². The third-order valence-corrected chi connectivity index (χ3v) is 4.91. The molecule has 108 valence electrons. The molecule has 0 bridgehead atoms. The molecule has 3 unspecified atom stereocenters. The molecule has 1 aromatic rings. The van der Waals surface area contributed by atoms with Crippen LogP contribution in [0, 0.1) is 5.92 Å². The number of nitrogens with zero attached hydrogens (tertiary/aromatic N) is 2. The van der Waals surface area contributed by atoms with Gasteiger partial charge >= 0.3 is 0 Å². The van der Waals surface area contributed by atoms with Crippen molar-refractivity contribution in [1.29, 1.82) is 0 Å². The standard InChI is InChI=1S/C16H22BrN3/c1-11-3-8-15-9-18-16(20(15)10-11)19-12(2)13-4-6-14(17)7-5-13/h4-7,11-12,15H,3,8-10H2,1-2H3,(H,18,19). The fraction of sp³-hybridized carbons (Fsp3) is 0.562. The molecule has 2 aliphatic rings. The van der Waals surface area contributed by atoms with E-state index in [2.05, 4.69) is 64.3 Å². The highest BCUT2D eigenvalue weighted by Crippen LogP contribution is 2.26. The van der Waals surface area contributed by atoms with Crippen LogP contribution in [0.25, 0.3) is 0 Å². The smallest absolute Gasteiger partial charge is 0.194 e. The Bertz CT molecular complexity index is 497. The summed E-state index contributed by atoms with van der Waals surface area (Å²) < 4.78 is 1.12. The highest BCUT2D eigenvalue weighted by Gasteiger charge is 2.33. The minimum atomic E-state index is 0.290. The molecule has 20 heavy (non-hydrogen) atoms. The van der Waals surface area contributed by atoms with Crippen LogP contribution in [0.15, 0.2) is 33.7 Å². The Balaban J connectivity index is 1.67. The van der Waals surface area contributed by atoms with Crippen LogP contribution in [0.5, 0.6) is 0 Å². The minimum Gasteiger partial charge on any atom is -0.350 e. The number of piperidine rings is 1. The van der Waals surface area contributed by atoms with Gasteiger partial charge in [-0.25, -0.2) is 0 Å². The van der Waals surface area contributed by atoms with E-state index in [4.69, 9.17) is 4.99 Å². The number of hydrogen-bond acceptors (Lipinski definition) is 3. The Morgan fingerprint density at radius 3 is 2.80 bits per heavy atom. The van der Waals surface area contributed by atoms with Crippen LogP contribution >= 0.6 is 15.9 Å². The lowest BCUT2D eigenvalue weighted by Gasteiger charge is -2.36. The second kappa shape index (κ2) is 5.76. The van der Waals surface area contributed by atoms with Crippen LogP contribution in [0.1, 0.15) is 38.3 Å². The average molecular weight is 336 g/mol. The maximum absolute atomic E-state index is 4.72. The largest absolute Gasteiger partial charge is 0.350 e. The summed E-state index contributed by atoms with van der Waals surface area (Å²) in [6, 6.07) is 9.43. The third-order valence-electron chi connectivity index (χ3n) is 4.38. The monoisotopic (exact) mass is 335 g/mol. The molecule has 0 aliphatic carbocycles. The second-order valence-electron chi connectivity index (χ2n) is 6.07. The Hall–Kier alpha value is -1.03. The SMILES string of the molecule is CC1CCC2CN=C(NC(C)c3ccc(Br)cc3)N2C1. The molecule has 1 aromatic carbocycles. The Labute approximate surface area is 129 Å². The molecule has 3 rings (SSSR count). The summed E-state index contributed by atoms with van der Waals surface area (Å²) in [4.78, 5) is 7.20. The van der Waals surface area contributed by atoms with Gasteiger partial charge in [0.25, 0.3) is 0 Å². The van der Waals surface area contributed by atoms with Gasteiger partial charge in [0.2, 0.25) is 0 Å². The van der Waals surface area contributed by atoms with E-state index in [1.54, 1.807) is 0 Å². The first kappa shape index (κ1) is 13.9.